The Balaban J connectivity index is 2.06. The van der Waals surface area contributed by atoms with Gasteiger partial charge in [0.2, 0.25) is 0 Å². The zero-order valence-corrected chi connectivity index (χ0v) is 11.8. The number of nitrogen functional groups attached to an aromatic ring is 1. The molecule has 1 aliphatic rings. The van der Waals surface area contributed by atoms with Crippen LogP contribution in [-0.4, -0.2) is 51.5 Å². The monoisotopic (exact) mass is 266 g/mol. The van der Waals surface area contributed by atoms with E-state index >= 15 is 0 Å². The van der Waals surface area contributed by atoms with Gasteiger partial charge in [0.1, 0.15) is 5.75 Å². The zero-order valence-electron chi connectivity index (χ0n) is 11.8. The SMILES string of the molecule is COc1ccc(N)c(CN2CC(OC)C(OC)C2)c1. The Hall–Kier alpha value is -1.30. The van der Waals surface area contributed by atoms with E-state index in [2.05, 4.69) is 4.90 Å². The summed E-state index contributed by atoms with van der Waals surface area (Å²) in [6.07, 6.45) is 0.244. The predicted molar refractivity (Wildman–Crippen MR) is 74.3 cm³/mol. The Bertz CT molecular complexity index is 413. The van der Waals surface area contributed by atoms with Crippen LogP contribution in [-0.2, 0) is 16.0 Å². The second-order valence-corrected chi connectivity index (χ2v) is 4.81. The first-order chi connectivity index (χ1) is 9.17. The van der Waals surface area contributed by atoms with Gasteiger partial charge in [-0.15, -0.1) is 0 Å². The molecule has 1 aromatic carbocycles. The third-order valence-corrected chi connectivity index (χ3v) is 3.64. The van der Waals surface area contributed by atoms with Crippen LogP contribution in [0.25, 0.3) is 0 Å². The molecule has 2 atom stereocenters. The Morgan fingerprint density at radius 1 is 1.16 bits per heavy atom. The van der Waals surface area contributed by atoms with Crippen molar-refractivity contribution in [1.29, 1.82) is 0 Å². The highest BCUT2D eigenvalue weighted by atomic mass is 16.5. The highest BCUT2D eigenvalue weighted by Crippen LogP contribution is 2.24. The Morgan fingerprint density at radius 2 is 1.79 bits per heavy atom. The molecule has 0 bridgehead atoms. The lowest BCUT2D eigenvalue weighted by molar-refractivity contribution is -0.00461. The summed E-state index contributed by atoms with van der Waals surface area (Å²) in [5.41, 5.74) is 7.87. The zero-order chi connectivity index (χ0) is 13.8. The van der Waals surface area contributed by atoms with Crippen molar-refractivity contribution in [1.82, 2.24) is 4.90 Å². The van der Waals surface area contributed by atoms with Crippen molar-refractivity contribution in [3.63, 3.8) is 0 Å². The van der Waals surface area contributed by atoms with Crippen LogP contribution in [0.3, 0.4) is 0 Å². The molecule has 0 amide bonds. The van der Waals surface area contributed by atoms with Crippen LogP contribution in [0.2, 0.25) is 0 Å². The molecule has 2 N–H and O–H groups in total. The fourth-order valence-corrected chi connectivity index (χ4v) is 2.49. The van der Waals surface area contributed by atoms with Crippen LogP contribution in [0.1, 0.15) is 5.56 Å². The van der Waals surface area contributed by atoms with Gasteiger partial charge < -0.3 is 19.9 Å². The molecule has 0 aromatic heterocycles. The minimum Gasteiger partial charge on any atom is -0.497 e. The van der Waals surface area contributed by atoms with Gasteiger partial charge in [-0.1, -0.05) is 0 Å². The maximum Gasteiger partial charge on any atom is 0.119 e. The topological polar surface area (TPSA) is 57.0 Å². The standard InChI is InChI=1S/C14H22N2O3/c1-17-11-4-5-12(15)10(6-11)7-16-8-13(18-2)14(9-16)19-3/h4-6,13-14H,7-9,15H2,1-3H3. The van der Waals surface area contributed by atoms with E-state index in [9.17, 15) is 0 Å². The van der Waals surface area contributed by atoms with E-state index in [-0.39, 0.29) is 12.2 Å². The van der Waals surface area contributed by atoms with E-state index in [1.165, 1.54) is 0 Å². The molecule has 1 fully saturated rings. The van der Waals surface area contributed by atoms with Gasteiger partial charge in [0.05, 0.1) is 19.3 Å². The van der Waals surface area contributed by atoms with Crippen molar-refractivity contribution < 1.29 is 14.2 Å². The molecule has 1 aliphatic heterocycles. The van der Waals surface area contributed by atoms with Crippen molar-refractivity contribution in [3.8, 4) is 5.75 Å². The molecule has 2 unspecified atom stereocenters. The quantitative estimate of drug-likeness (QED) is 0.809. The molecule has 1 heterocycles. The van der Waals surface area contributed by atoms with Gasteiger partial charge in [-0.25, -0.2) is 0 Å². The number of hydrogen-bond acceptors (Lipinski definition) is 5. The molecular formula is C14H22N2O3. The third-order valence-electron chi connectivity index (χ3n) is 3.64. The number of rotatable bonds is 5. The number of benzene rings is 1. The first kappa shape index (κ1) is 14.1. The number of methoxy groups -OCH3 is 3. The number of anilines is 1. The second kappa shape index (κ2) is 6.23. The Morgan fingerprint density at radius 3 is 2.32 bits per heavy atom. The van der Waals surface area contributed by atoms with Crippen LogP contribution < -0.4 is 10.5 Å². The Kier molecular flexibility index (Phi) is 4.63. The van der Waals surface area contributed by atoms with Gasteiger partial charge in [-0.05, 0) is 23.8 Å². The van der Waals surface area contributed by atoms with Crippen LogP contribution in [0.5, 0.6) is 5.75 Å². The summed E-state index contributed by atoms with van der Waals surface area (Å²) in [5.74, 6) is 0.829. The van der Waals surface area contributed by atoms with E-state index < -0.39 is 0 Å². The fraction of sp³-hybridized carbons (Fsp3) is 0.571. The van der Waals surface area contributed by atoms with Gasteiger partial charge in [0.25, 0.3) is 0 Å². The maximum absolute atomic E-state index is 6.01. The van der Waals surface area contributed by atoms with E-state index in [4.69, 9.17) is 19.9 Å². The molecule has 0 radical (unpaired) electrons. The first-order valence-corrected chi connectivity index (χ1v) is 6.38. The number of ether oxygens (including phenoxy) is 3. The van der Waals surface area contributed by atoms with Crippen molar-refractivity contribution >= 4 is 5.69 Å². The van der Waals surface area contributed by atoms with Crippen molar-refractivity contribution in [2.24, 2.45) is 0 Å². The number of hydrogen-bond donors (Lipinski definition) is 1. The molecule has 1 saturated heterocycles. The van der Waals surface area contributed by atoms with E-state index in [1.54, 1.807) is 21.3 Å². The van der Waals surface area contributed by atoms with Gasteiger partial charge in [0.15, 0.2) is 0 Å². The molecule has 0 spiro atoms. The highest BCUT2D eigenvalue weighted by Gasteiger charge is 2.32. The summed E-state index contributed by atoms with van der Waals surface area (Å²) in [6.45, 7) is 2.49. The summed E-state index contributed by atoms with van der Waals surface area (Å²) in [7, 11) is 5.10. The minimum atomic E-state index is 0.122. The number of nitrogens with zero attached hydrogens (tertiary/aromatic N) is 1. The van der Waals surface area contributed by atoms with Crippen LogP contribution in [0.15, 0.2) is 18.2 Å². The predicted octanol–water partition coefficient (Wildman–Crippen LogP) is 1.12. The third kappa shape index (κ3) is 3.18. The normalized spacial score (nSPS) is 23.7. The molecule has 5 heteroatoms. The van der Waals surface area contributed by atoms with Gasteiger partial charge in [-0.2, -0.15) is 0 Å². The molecule has 19 heavy (non-hydrogen) atoms. The van der Waals surface area contributed by atoms with Gasteiger partial charge >= 0.3 is 0 Å². The molecule has 1 aromatic rings. The number of likely N-dealkylation sites (tertiary alicyclic amines) is 1. The summed E-state index contributed by atoms with van der Waals surface area (Å²) in [4.78, 5) is 2.29. The van der Waals surface area contributed by atoms with Crippen molar-refractivity contribution in [3.05, 3.63) is 23.8 Å². The molecule has 0 saturated carbocycles. The second-order valence-electron chi connectivity index (χ2n) is 4.81. The van der Waals surface area contributed by atoms with Crippen LogP contribution >= 0.6 is 0 Å². The first-order valence-electron chi connectivity index (χ1n) is 6.38. The van der Waals surface area contributed by atoms with Crippen molar-refractivity contribution in [2.75, 3.05) is 40.2 Å². The number of nitrogens with two attached hydrogens (primary N) is 1. The molecule has 0 aliphatic carbocycles. The lowest BCUT2D eigenvalue weighted by atomic mass is 10.1. The highest BCUT2D eigenvalue weighted by molar-refractivity contribution is 5.50. The van der Waals surface area contributed by atoms with Crippen LogP contribution in [0, 0.1) is 0 Å². The Labute approximate surface area is 114 Å². The molecule has 5 nitrogen and oxygen atoms in total. The van der Waals surface area contributed by atoms with Gasteiger partial charge in [0, 0.05) is 39.5 Å². The van der Waals surface area contributed by atoms with E-state index in [0.29, 0.717) is 0 Å². The minimum absolute atomic E-state index is 0.122. The van der Waals surface area contributed by atoms with Crippen LogP contribution in [0.4, 0.5) is 5.69 Å². The summed E-state index contributed by atoms with van der Waals surface area (Å²) in [5, 5.41) is 0. The van der Waals surface area contributed by atoms with Crippen molar-refractivity contribution in [2.45, 2.75) is 18.8 Å². The smallest absolute Gasteiger partial charge is 0.119 e. The fourth-order valence-electron chi connectivity index (χ4n) is 2.49. The molecule has 106 valence electrons. The van der Waals surface area contributed by atoms with E-state index in [1.807, 2.05) is 18.2 Å². The lowest BCUT2D eigenvalue weighted by Crippen LogP contribution is -2.27. The average Bonchev–Trinajstić information content (AvgIpc) is 2.83. The van der Waals surface area contributed by atoms with Gasteiger partial charge in [-0.3, -0.25) is 4.90 Å². The maximum atomic E-state index is 6.01. The summed E-state index contributed by atoms with van der Waals surface area (Å²) >= 11 is 0. The lowest BCUT2D eigenvalue weighted by Gasteiger charge is -2.17. The molecule has 2 rings (SSSR count). The molecular weight excluding hydrogens is 244 g/mol. The summed E-state index contributed by atoms with van der Waals surface area (Å²) in [6, 6.07) is 5.74. The largest absolute Gasteiger partial charge is 0.497 e. The average molecular weight is 266 g/mol. The van der Waals surface area contributed by atoms with E-state index in [0.717, 1.165) is 36.6 Å². The summed E-state index contributed by atoms with van der Waals surface area (Å²) < 4.78 is 16.1.